The van der Waals surface area contributed by atoms with Crippen LogP contribution in [0.5, 0.6) is 11.5 Å². The third-order valence-electron chi connectivity index (χ3n) is 5.50. The Morgan fingerprint density at radius 2 is 1.81 bits per heavy atom. The number of amides is 2. The number of aliphatic imine (C=N–C) groups is 1. The summed E-state index contributed by atoms with van der Waals surface area (Å²) in [6.07, 6.45) is 2.64. The highest BCUT2D eigenvalue weighted by Gasteiger charge is 2.32. The second kappa shape index (κ2) is 12.3. The molecule has 0 bridgehead atoms. The van der Waals surface area contributed by atoms with E-state index in [0.29, 0.717) is 33.8 Å². The Hall–Kier alpha value is -4.04. The van der Waals surface area contributed by atoms with E-state index in [1.165, 1.54) is 18.9 Å². The van der Waals surface area contributed by atoms with E-state index in [4.69, 9.17) is 14.5 Å². The van der Waals surface area contributed by atoms with E-state index in [2.05, 4.69) is 5.32 Å². The predicted octanol–water partition coefficient (Wildman–Crippen LogP) is 6.04. The van der Waals surface area contributed by atoms with Gasteiger partial charge in [-0.15, -0.1) is 0 Å². The molecule has 1 heterocycles. The number of benzene rings is 3. The Labute approximate surface area is 221 Å². The van der Waals surface area contributed by atoms with Crippen molar-refractivity contribution in [2.75, 3.05) is 25.6 Å². The number of para-hydroxylation sites is 1. The molecule has 1 aliphatic rings. The van der Waals surface area contributed by atoms with Gasteiger partial charge in [-0.05, 0) is 73.1 Å². The number of nitrogens with one attached hydrogen (secondary N) is 1. The van der Waals surface area contributed by atoms with Crippen molar-refractivity contribution in [1.82, 2.24) is 4.90 Å². The molecular formula is C29H29N3O4S. The second-order valence-electron chi connectivity index (χ2n) is 8.41. The lowest BCUT2D eigenvalue weighted by Gasteiger charge is -2.14. The number of hydrogen-bond donors (Lipinski definition) is 1. The first kappa shape index (κ1) is 26.0. The van der Waals surface area contributed by atoms with Gasteiger partial charge < -0.3 is 14.8 Å². The van der Waals surface area contributed by atoms with Gasteiger partial charge in [0.05, 0.1) is 17.7 Å². The van der Waals surface area contributed by atoms with E-state index < -0.39 is 0 Å². The van der Waals surface area contributed by atoms with Crippen LogP contribution in [0, 0.1) is 6.92 Å². The van der Waals surface area contributed by atoms with Crippen molar-refractivity contribution in [3.63, 3.8) is 0 Å². The van der Waals surface area contributed by atoms with Crippen LogP contribution in [0.3, 0.4) is 0 Å². The van der Waals surface area contributed by atoms with Crippen molar-refractivity contribution in [2.24, 2.45) is 4.99 Å². The molecule has 1 aliphatic heterocycles. The van der Waals surface area contributed by atoms with E-state index >= 15 is 0 Å². The average molecular weight is 516 g/mol. The quantitative estimate of drug-likeness (QED) is 0.352. The topological polar surface area (TPSA) is 80.2 Å². The molecule has 7 nitrogen and oxygen atoms in total. The number of methoxy groups -OCH3 is 1. The predicted molar refractivity (Wildman–Crippen MR) is 149 cm³/mol. The number of carbonyl (C=O) groups is 2. The van der Waals surface area contributed by atoms with Gasteiger partial charge in [0.1, 0.15) is 0 Å². The lowest BCUT2D eigenvalue weighted by molar-refractivity contribution is -0.122. The lowest BCUT2D eigenvalue weighted by atomic mass is 10.2. The van der Waals surface area contributed by atoms with Crippen LogP contribution < -0.4 is 14.8 Å². The highest BCUT2D eigenvalue weighted by Crippen LogP contribution is 2.36. The molecule has 0 unspecified atom stereocenters. The van der Waals surface area contributed by atoms with Gasteiger partial charge in [0, 0.05) is 12.2 Å². The molecule has 0 aliphatic carbocycles. The van der Waals surface area contributed by atoms with Crippen molar-refractivity contribution < 1.29 is 19.1 Å². The maximum atomic E-state index is 13.2. The van der Waals surface area contributed by atoms with Gasteiger partial charge in [0.15, 0.2) is 23.3 Å². The van der Waals surface area contributed by atoms with Crippen molar-refractivity contribution in [3.8, 4) is 11.5 Å². The molecule has 1 fully saturated rings. The molecule has 0 radical (unpaired) electrons. The number of amidine groups is 1. The number of hydrogen-bond acceptors (Lipinski definition) is 6. The number of rotatable bonds is 9. The zero-order chi connectivity index (χ0) is 26.2. The molecule has 190 valence electrons. The molecular weight excluding hydrogens is 486 g/mol. The lowest BCUT2D eigenvalue weighted by Crippen LogP contribution is -2.29. The first-order valence-corrected chi connectivity index (χ1v) is 12.8. The molecule has 0 atom stereocenters. The number of thioether (sulfide) groups is 1. The summed E-state index contributed by atoms with van der Waals surface area (Å²) in [4.78, 5) is 32.4. The summed E-state index contributed by atoms with van der Waals surface area (Å²) in [5.74, 6) is 0.558. The van der Waals surface area contributed by atoms with Crippen LogP contribution in [0.2, 0.25) is 0 Å². The summed E-state index contributed by atoms with van der Waals surface area (Å²) in [7, 11) is 1.54. The Bertz CT molecular complexity index is 1320. The Morgan fingerprint density at radius 3 is 2.51 bits per heavy atom. The fraction of sp³-hybridized carbons (Fsp3) is 0.207. The van der Waals surface area contributed by atoms with Gasteiger partial charge in [-0.3, -0.25) is 14.5 Å². The minimum Gasteiger partial charge on any atom is -0.493 e. The van der Waals surface area contributed by atoms with Gasteiger partial charge in [0.2, 0.25) is 0 Å². The zero-order valence-electron chi connectivity index (χ0n) is 21.1. The fourth-order valence-corrected chi connectivity index (χ4v) is 4.67. The van der Waals surface area contributed by atoms with E-state index in [-0.39, 0.29) is 18.4 Å². The molecule has 3 aromatic rings. The third-order valence-corrected chi connectivity index (χ3v) is 6.50. The van der Waals surface area contributed by atoms with E-state index in [9.17, 15) is 9.59 Å². The van der Waals surface area contributed by atoms with Gasteiger partial charge in [-0.2, -0.15) is 0 Å². The normalized spacial score (nSPS) is 15.3. The maximum Gasteiger partial charge on any atom is 0.266 e. The number of anilines is 1. The Balaban J connectivity index is 1.49. The minimum atomic E-state index is -0.274. The maximum absolute atomic E-state index is 13.2. The Kier molecular flexibility index (Phi) is 8.64. The molecule has 37 heavy (non-hydrogen) atoms. The van der Waals surface area contributed by atoms with Crippen LogP contribution in [0.4, 0.5) is 11.4 Å². The van der Waals surface area contributed by atoms with E-state index in [1.54, 1.807) is 17.0 Å². The number of ether oxygens (including phenoxy) is 2. The van der Waals surface area contributed by atoms with Crippen molar-refractivity contribution >= 4 is 46.2 Å². The van der Waals surface area contributed by atoms with Gasteiger partial charge in [-0.1, -0.05) is 48.9 Å². The fourth-order valence-electron chi connectivity index (χ4n) is 3.65. The van der Waals surface area contributed by atoms with Crippen molar-refractivity contribution in [1.29, 1.82) is 0 Å². The smallest absolute Gasteiger partial charge is 0.266 e. The third kappa shape index (κ3) is 6.80. The first-order chi connectivity index (χ1) is 18.0. The SMILES string of the molecule is CCCN1C(=O)/C(=C\c2ccc(OCC(=O)Nc3ccccc3)c(OC)c2)SC1=Nc1ccc(C)cc1. The van der Waals surface area contributed by atoms with Crippen LogP contribution in [0.25, 0.3) is 6.08 Å². The molecule has 1 saturated heterocycles. The number of aryl methyl sites for hydroxylation is 1. The minimum absolute atomic E-state index is 0.0745. The molecule has 2 amide bonds. The van der Waals surface area contributed by atoms with Crippen LogP contribution in [-0.4, -0.2) is 42.1 Å². The van der Waals surface area contributed by atoms with Crippen LogP contribution >= 0.6 is 11.8 Å². The Morgan fingerprint density at radius 1 is 1.05 bits per heavy atom. The van der Waals surface area contributed by atoms with Gasteiger partial charge in [-0.25, -0.2) is 4.99 Å². The summed E-state index contributed by atoms with van der Waals surface area (Å²) in [6.45, 7) is 4.49. The van der Waals surface area contributed by atoms with Gasteiger partial charge in [0.25, 0.3) is 11.8 Å². The van der Waals surface area contributed by atoms with Crippen molar-refractivity contribution in [3.05, 3.63) is 88.8 Å². The summed E-state index contributed by atoms with van der Waals surface area (Å²) >= 11 is 1.36. The van der Waals surface area contributed by atoms with Crippen LogP contribution in [0.15, 0.2) is 82.7 Å². The molecule has 3 aromatic carbocycles. The van der Waals surface area contributed by atoms with Crippen LogP contribution in [0.1, 0.15) is 24.5 Å². The summed E-state index contributed by atoms with van der Waals surface area (Å²) in [6, 6.07) is 22.4. The average Bonchev–Trinajstić information content (AvgIpc) is 3.18. The van der Waals surface area contributed by atoms with Crippen LogP contribution in [-0.2, 0) is 9.59 Å². The number of nitrogens with zero attached hydrogens (tertiary/aromatic N) is 2. The highest BCUT2D eigenvalue weighted by atomic mass is 32.2. The summed E-state index contributed by atoms with van der Waals surface area (Å²) in [5, 5.41) is 3.45. The first-order valence-electron chi connectivity index (χ1n) is 12.0. The van der Waals surface area contributed by atoms with E-state index in [1.807, 2.05) is 80.6 Å². The monoisotopic (exact) mass is 515 g/mol. The summed E-state index contributed by atoms with van der Waals surface area (Å²) in [5.41, 5.74) is 3.44. The second-order valence-corrected chi connectivity index (χ2v) is 9.42. The largest absolute Gasteiger partial charge is 0.493 e. The molecule has 0 saturated carbocycles. The van der Waals surface area contributed by atoms with Crippen molar-refractivity contribution in [2.45, 2.75) is 20.3 Å². The standard InChI is InChI=1S/C29H29N3O4S/c1-4-16-32-28(34)26(37-29(32)31-23-13-10-20(2)11-14-23)18-21-12-15-24(25(17-21)35-3)36-19-27(33)30-22-8-6-5-7-9-22/h5-15,17-18H,4,16,19H2,1-3H3,(H,30,33)/b26-18+,31-29?. The molecule has 8 heteroatoms. The molecule has 1 N–H and O–H groups in total. The molecule has 0 spiro atoms. The highest BCUT2D eigenvalue weighted by molar-refractivity contribution is 8.18. The summed E-state index contributed by atoms with van der Waals surface area (Å²) < 4.78 is 11.2. The van der Waals surface area contributed by atoms with E-state index in [0.717, 1.165) is 23.2 Å². The number of carbonyl (C=O) groups excluding carboxylic acids is 2. The molecule has 0 aromatic heterocycles. The molecule has 4 rings (SSSR count). The zero-order valence-corrected chi connectivity index (χ0v) is 21.9. The van der Waals surface area contributed by atoms with Gasteiger partial charge >= 0.3 is 0 Å².